The van der Waals surface area contributed by atoms with Crippen LogP contribution in [0.4, 0.5) is 0 Å². The first-order valence-electron chi connectivity index (χ1n) is 4.39. The van der Waals surface area contributed by atoms with E-state index < -0.39 is 5.97 Å². The lowest BCUT2D eigenvalue weighted by Crippen LogP contribution is -2.18. The van der Waals surface area contributed by atoms with Crippen molar-refractivity contribution >= 4 is 28.0 Å². The molecule has 0 amide bonds. The molecule has 0 aliphatic heterocycles. The van der Waals surface area contributed by atoms with Crippen molar-refractivity contribution in [1.29, 1.82) is 0 Å². The first kappa shape index (κ1) is 12.6. The monoisotopic (exact) mass is 285 g/mol. The fourth-order valence-electron chi connectivity index (χ4n) is 1.17. The molecule has 1 aromatic rings. The van der Waals surface area contributed by atoms with Crippen LogP contribution in [0.15, 0.2) is 22.7 Å². The molecule has 0 saturated carbocycles. The van der Waals surface area contributed by atoms with E-state index in [1.165, 1.54) is 20.3 Å². The number of benzene rings is 1. The molecule has 0 unspecified atom stereocenters. The molecule has 0 saturated heterocycles. The van der Waals surface area contributed by atoms with Gasteiger partial charge in [0.15, 0.2) is 0 Å². The number of carbonyl (C=O) groups is 1. The van der Waals surface area contributed by atoms with E-state index in [2.05, 4.69) is 15.9 Å². The second kappa shape index (κ2) is 5.55. The van der Waals surface area contributed by atoms with Gasteiger partial charge in [-0.1, -0.05) is 0 Å². The minimum absolute atomic E-state index is 0.526. The summed E-state index contributed by atoms with van der Waals surface area (Å²) in [5, 5.41) is 10.3. The van der Waals surface area contributed by atoms with E-state index in [1.807, 2.05) is 0 Å². The molecule has 16 heavy (non-hydrogen) atoms. The van der Waals surface area contributed by atoms with Crippen LogP contribution in [0.1, 0.15) is 5.56 Å². The smallest absolute Gasteiger partial charge is 0.136 e. The van der Waals surface area contributed by atoms with Crippen molar-refractivity contribution in [2.24, 2.45) is 0 Å². The van der Waals surface area contributed by atoms with Gasteiger partial charge in [0.2, 0.25) is 0 Å². The summed E-state index contributed by atoms with van der Waals surface area (Å²) in [4.78, 5) is 10.3. The van der Waals surface area contributed by atoms with Crippen LogP contribution in [0.25, 0.3) is 6.08 Å². The number of carboxylic acids is 1. The molecule has 0 radical (unpaired) electrons. The molecule has 0 N–H and O–H groups in total. The standard InChI is InChI=1S/C11H11BrO4/c1-15-9-6-10(16-2)8(12)5-7(9)3-4-11(13)14/h3-6H,1-2H3,(H,13,14)/p-1/b4-3+. The minimum atomic E-state index is -1.26. The van der Waals surface area contributed by atoms with Crippen LogP contribution in [0.5, 0.6) is 11.5 Å². The number of carboxylic acid groups (broad SMARTS) is 1. The van der Waals surface area contributed by atoms with Gasteiger partial charge in [0.1, 0.15) is 11.5 Å². The van der Waals surface area contributed by atoms with E-state index in [0.29, 0.717) is 21.5 Å². The predicted molar refractivity (Wildman–Crippen MR) is 61.3 cm³/mol. The highest BCUT2D eigenvalue weighted by Crippen LogP contribution is 2.33. The number of hydrogen-bond donors (Lipinski definition) is 0. The third-order valence-corrected chi connectivity index (χ3v) is 2.52. The highest BCUT2D eigenvalue weighted by molar-refractivity contribution is 9.10. The highest BCUT2D eigenvalue weighted by Gasteiger charge is 2.07. The summed E-state index contributed by atoms with van der Waals surface area (Å²) in [6.45, 7) is 0. The number of rotatable bonds is 4. The lowest BCUT2D eigenvalue weighted by molar-refractivity contribution is -0.297. The molecule has 0 aromatic heterocycles. The van der Waals surface area contributed by atoms with E-state index in [9.17, 15) is 9.90 Å². The summed E-state index contributed by atoms with van der Waals surface area (Å²) in [6, 6.07) is 3.37. The summed E-state index contributed by atoms with van der Waals surface area (Å²) >= 11 is 3.30. The third-order valence-electron chi connectivity index (χ3n) is 1.90. The Morgan fingerprint density at radius 1 is 1.31 bits per heavy atom. The number of carbonyl (C=O) groups excluding carboxylic acids is 1. The minimum Gasteiger partial charge on any atom is -0.545 e. The van der Waals surface area contributed by atoms with Gasteiger partial charge in [-0.25, -0.2) is 0 Å². The Morgan fingerprint density at radius 3 is 2.44 bits per heavy atom. The molecule has 1 aromatic carbocycles. The first-order valence-corrected chi connectivity index (χ1v) is 5.18. The van der Waals surface area contributed by atoms with Gasteiger partial charge in [0.25, 0.3) is 0 Å². The summed E-state index contributed by atoms with van der Waals surface area (Å²) in [6.07, 6.45) is 2.34. The molecule has 0 atom stereocenters. The molecule has 0 spiro atoms. The van der Waals surface area contributed by atoms with E-state index in [1.54, 1.807) is 12.1 Å². The van der Waals surface area contributed by atoms with Crippen molar-refractivity contribution in [1.82, 2.24) is 0 Å². The second-order valence-corrected chi connectivity index (χ2v) is 3.74. The molecule has 0 aliphatic carbocycles. The fraction of sp³-hybridized carbons (Fsp3) is 0.182. The summed E-state index contributed by atoms with van der Waals surface area (Å²) < 4.78 is 10.9. The van der Waals surface area contributed by atoms with Crippen molar-refractivity contribution < 1.29 is 19.4 Å². The molecular formula is C11H10BrO4-. The summed E-state index contributed by atoms with van der Waals surface area (Å²) in [5.41, 5.74) is 0.624. The average molecular weight is 286 g/mol. The van der Waals surface area contributed by atoms with Crippen LogP contribution in [-0.2, 0) is 4.79 Å². The van der Waals surface area contributed by atoms with Crippen molar-refractivity contribution in [3.8, 4) is 11.5 Å². The van der Waals surface area contributed by atoms with Crippen LogP contribution in [0.3, 0.4) is 0 Å². The number of hydrogen-bond acceptors (Lipinski definition) is 4. The van der Waals surface area contributed by atoms with E-state index in [-0.39, 0.29) is 0 Å². The molecular weight excluding hydrogens is 276 g/mol. The van der Waals surface area contributed by atoms with E-state index in [4.69, 9.17) is 9.47 Å². The van der Waals surface area contributed by atoms with Crippen LogP contribution in [0, 0.1) is 0 Å². The van der Waals surface area contributed by atoms with Gasteiger partial charge in [0.05, 0.1) is 24.7 Å². The highest BCUT2D eigenvalue weighted by atomic mass is 79.9. The van der Waals surface area contributed by atoms with Crippen LogP contribution < -0.4 is 14.6 Å². The molecule has 86 valence electrons. The second-order valence-electron chi connectivity index (χ2n) is 2.88. The molecule has 0 fully saturated rings. The maximum absolute atomic E-state index is 10.3. The maximum atomic E-state index is 10.3. The number of halogens is 1. The molecule has 0 aliphatic rings. The average Bonchev–Trinajstić information content (AvgIpc) is 2.26. The van der Waals surface area contributed by atoms with Gasteiger partial charge in [-0.05, 0) is 34.1 Å². The zero-order chi connectivity index (χ0) is 12.1. The lowest BCUT2D eigenvalue weighted by Gasteiger charge is -2.09. The quantitative estimate of drug-likeness (QED) is 0.781. The topological polar surface area (TPSA) is 58.6 Å². The van der Waals surface area contributed by atoms with Gasteiger partial charge in [-0.2, -0.15) is 0 Å². The fourth-order valence-corrected chi connectivity index (χ4v) is 1.69. The Kier molecular flexibility index (Phi) is 4.37. The van der Waals surface area contributed by atoms with Gasteiger partial charge in [-0.3, -0.25) is 0 Å². The Bertz CT molecular complexity index is 426. The van der Waals surface area contributed by atoms with Crippen LogP contribution in [-0.4, -0.2) is 20.2 Å². The molecule has 0 bridgehead atoms. The summed E-state index contributed by atoms with van der Waals surface area (Å²) in [5.74, 6) is -0.117. The first-order chi connectivity index (χ1) is 7.58. The van der Waals surface area contributed by atoms with Crippen LogP contribution >= 0.6 is 15.9 Å². The summed E-state index contributed by atoms with van der Waals surface area (Å²) in [7, 11) is 3.04. The van der Waals surface area contributed by atoms with Crippen molar-refractivity contribution in [2.75, 3.05) is 14.2 Å². The lowest BCUT2D eigenvalue weighted by atomic mass is 10.1. The van der Waals surface area contributed by atoms with Crippen molar-refractivity contribution in [3.63, 3.8) is 0 Å². The third kappa shape index (κ3) is 3.00. The zero-order valence-corrected chi connectivity index (χ0v) is 10.4. The Labute approximate surface area is 102 Å². The number of methoxy groups -OCH3 is 2. The van der Waals surface area contributed by atoms with E-state index in [0.717, 1.165) is 6.08 Å². The normalized spacial score (nSPS) is 10.4. The largest absolute Gasteiger partial charge is 0.545 e. The Balaban J connectivity index is 3.18. The molecule has 1 rings (SSSR count). The Hall–Kier alpha value is -1.49. The molecule has 4 nitrogen and oxygen atoms in total. The Morgan fingerprint density at radius 2 is 1.94 bits per heavy atom. The molecule has 5 heteroatoms. The predicted octanol–water partition coefficient (Wildman–Crippen LogP) is 1.23. The van der Waals surface area contributed by atoms with Gasteiger partial charge in [0, 0.05) is 11.6 Å². The zero-order valence-electron chi connectivity index (χ0n) is 8.82. The van der Waals surface area contributed by atoms with Gasteiger partial charge in [-0.15, -0.1) is 0 Å². The SMILES string of the molecule is COc1cc(OC)c(/C=C/C(=O)[O-])cc1Br. The van der Waals surface area contributed by atoms with Gasteiger partial charge < -0.3 is 19.4 Å². The van der Waals surface area contributed by atoms with Gasteiger partial charge >= 0.3 is 0 Å². The van der Waals surface area contributed by atoms with Crippen LogP contribution in [0.2, 0.25) is 0 Å². The molecule has 0 heterocycles. The van der Waals surface area contributed by atoms with Crippen molar-refractivity contribution in [3.05, 3.63) is 28.2 Å². The number of aliphatic carboxylic acids is 1. The van der Waals surface area contributed by atoms with Crippen molar-refractivity contribution in [2.45, 2.75) is 0 Å². The number of ether oxygens (including phenoxy) is 2. The maximum Gasteiger partial charge on any atom is 0.136 e. The van der Waals surface area contributed by atoms with E-state index >= 15 is 0 Å².